The van der Waals surface area contributed by atoms with E-state index < -0.39 is 5.97 Å². The van der Waals surface area contributed by atoms with E-state index in [0.29, 0.717) is 0 Å². The summed E-state index contributed by atoms with van der Waals surface area (Å²) in [4.78, 5) is 10.5. The van der Waals surface area contributed by atoms with Crippen LogP contribution in [0.4, 0.5) is 0 Å². The van der Waals surface area contributed by atoms with Gasteiger partial charge in [0, 0.05) is 0 Å². The number of carboxylic acids is 1. The van der Waals surface area contributed by atoms with E-state index in [9.17, 15) is 4.79 Å². The second kappa shape index (κ2) is 6.87. The lowest BCUT2D eigenvalue weighted by molar-refractivity contribution is -0.132. The molecule has 0 aromatic heterocycles. The van der Waals surface area contributed by atoms with Gasteiger partial charge in [0.2, 0.25) is 0 Å². The van der Waals surface area contributed by atoms with E-state index >= 15 is 0 Å². The standard InChI is InChI=1S/C15H13NO2/c1-12-7-9-13(10-8-12)5-3-2-4-6-14(11-16)15(17)18/h2-10H,1H3,(H,17,18). The molecule has 0 amide bonds. The molecule has 1 N–H and O–H groups in total. The Balaban J connectivity index is 2.63. The molecule has 0 fully saturated rings. The maximum absolute atomic E-state index is 10.5. The number of carboxylic acid groups (broad SMARTS) is 1. The fourth-order valence-electron chi connectivity index (χ4n) is 1.22. The SMILES string of the molecule is Cc1ccc(C=CC=CC=C(C#N)C(=O)O)cc1. The summed E-state index contributed by atoms with van der Waals surface area (Å²) in [7, 11) is 0. The predicted molar refractivity (Wildman–Crippen MR) is 70.7 cm³/mol. The third-order valence-corrected chi connectivity index (χ3v) is 2.20. The van der Waals surface area contributed by atoms with Crippen LogP contribution in [0.3, 0.4) is 0 Å². The number of aryl methyl sites for hydroxylation is 1. The first kappa shape index (κ1) is 13.5. The van der Waals surface area contributed by atoms with Gasteiger partial charge in [0.25, 0.3) is 0 Å². The lowest BCUT2D eigenvalue weighted by Crippen LogP contribution is -1.96. The zero-order chi connectivity index (χ0) is 13.4. The number of carbonyl (C=O) groups is 1. The highest BCUT2D eigenvalue weighted by molar-refractivity contribution is 5.91. The Morgan fingerprint density at radius 3 is 2.44 bits per heavy atom. The Labute approximate surface area is 106 Å². The monoisotopic (exact) mass is 239 g/mol. The average Bonchev–Trinajstić information content (AvgIpc) is 2.35. The van der Waals surface area contributed by atoms with Crippen molar-refractivity contribution in [2.24, 2.45) is 0 Å². The van der Waals surface area contributed by atoms with Gasteiger partial charge in [-0.15, -0.1) is 0 Å². The minimum absolute atomic E-state index is 0.282. The molecule has 0 aliphatic carbocycles. The normalized spacial score (nSPS) is 11.9. The lowest BCUT2D eigenvalue weighted by atomic mass is 10.1. The van der Waals surface area contributed by atoms with Gasteiger partial charge >= 0.3 is 5.97 Å². The van der Waals surface area contributed by atoms with Gasteiger partial charge in [-0.3, -0.25) is 0 Å². The van der Waals surface area contributed by atoms with Crippen LogP contribution in [-0.2, 0) is 4.79 Å². The van der Waals surface area contributed by atoms with E-state index in [2.05, 4.69) is 0 Å². The van der Waals surface area contributed by atoms with Crippen LogP contribution in [0.1, 0.15) is 11.1 Å². The van der Waals surface area contributed by atoms with Crippen molar-refractivity contribution >= 4 is 12.0 Å². The summed E-state index contributed by atoms with van der Waals surface area (Å²) in [6, 6.07) is 9.62. The van der Waals surface area contributed by atoms with Gasteiger partial charge in [-0.05, 0) is 18.6 Å². The molecule has 0 aliphatic heterocycles. The van der Waals surface area contributed by atoms with E-state index in [4.69, 9.17) is 10.4 Å². The Kier molecular flexibility index (Phi) is 5.14. The lowest BCUT2D eigenvalue weighted by Gasteiger charge is -1.92. The number of allylic oxidation sites excluding steroid dienone is 4. The van der Waals surface area contributed by atoms with Gasteiger partial charge in [0.1, 0.15) is 11.6 Å². The first-order valence-electron chi connectivity index (χ1n) is 5.38. The average molecular weight is 239 g/mol. The van der Waals surface area contributed by atoms with Crippen LogP contribution >= 0.6 is 0 Å². The topological polar surface area (TPSA) is 61.1 Å². The highest BCUT2D eigenvalue weighted by Gasteiger charge is 2.01. The van der Waals surface area contributed by atoms with E-state index in [0.717, 1.165) is 5.56 Å². The third kappa shape index (κ3) is 4.50. The molecule has 0 heterocycles. The van der Waals surface area contributed by atoms with Crippen LogP contribution in [0.25, 0.3) is 6.08 Å². The van der Waals surface area contributed by atoms with Crippen LogP contribution in [0.15, 0.2) is 54.1 Å². The largest absolute Gasteiger partial charge is 0.477 e. The van der Waals surface area contributed by atoms with Gasteiger partial charge < -0.3 is 5.11 Å². The Morgan fingerprint density at radius 2 is 1.89 bits per heavy atom. The van der Waals surface area contributed by atoms with Crippen LogP contribution in [0.5, 0.6) is 0 Å². The number of benzene rings is 1. The molecule has 0 atom stereocenters. The van der Waals surface area contributed by atoms with Crippen molar-refractivity contribution in [1.82, 2.24) is 0 Å². The van der Waals surface area contributed by atoms with E-state index in [1.54, 1.807) is 18.2 Å². The van der Waals surface area contributed by atoms with Crippen molar-refractivity contribution in [2.75, 3.05) is 0 Å². The highest BCUT2D eigenvalue weighted by atomic mass is 16.4. The summed E-state index contributed by atoms with van der Waals surface area (Å²) in [6.07, 6.45) is 8.16. The Morgan fingerprint density at radius 1 is 1.22 bits per heavy atom. The summed E-state index contributed by atoms with van der Waals surface area (Å²) in [5.41, 5.74) is 1.98. The minimum Gasteiger partial charge on any atom is -0.477 e. The number of nitrogens with zero attached hydrogens (tertiary/aromatic N) is 1. The predicted octanol–water partition coefficient (Wildman–Crippen LogP) is 3.10. The van der Waals surface area contributed by atoms with Crippen molar-refractivity contribution in [3.8, 4) is 6.07 Å². The molecule has 0 unspecified atom stereocenters. The van der Waals surface area contributed by atoms with Crippen LogP contribution in [0.2, 0.25) is 0 Å². The molecule has 0 spiro atoms. The quantitative estimate of drug-likeness (QED) is 0.499. The van der Waals surface area contributed by atoms with Gasteiger partial charge in [-0.25, -0.2) is 4.79 Å². The minimum atomic E-state index is -1.22. The van der Waals surface area contributed by atoms with Gasteiger partial charge in [-0.1, -0.05) is 54.1 Å². The summed E-state index contributed by atoms with van der Waals surface area (Å²) in [5.74, 6) is -1.22. The second-order valence-electron chi connectivity index (χ2n) is 3.65. The van der Waals surface area contributed by atoms with E-state index in [-0.39, 0.29) is 5.57 Å². The number of nitriles is 1. The van der Waals surface area contributed by atoms with Crippen LogP contribution < -0.4 is 0 Å². The molecule has 0 radical (unpaired) electrons. The van der Waals surface area contributed by atoms with Crippen molar-refractivity contribution < 1.29 is 9.90 Å². The molecule has 1 aromatic carbocycles. The van der Waals surface area contributed by atoms with Crippen molar-refractivity contribution in [3.05, 3.63) is 65.3 Å². The molecular formula is C15H13NO2. The molecule has 0 aliphatic rings. The number of rotatable bonds is 4. The fraction of sp³-hybridized carbons (Fsp3) is 0.0667. The second-order valence-corrected chi connectivity index (χ2v) is 3.65. The molecule has 0 bridgehead atoms. The zero-order valence-electron chi connectivity index (χ0n) is 10.00. The molecule has 3 nitrogen and oxygen atoms in total. The molecular weight excluding hydrogens is 226 g/mol. The smallest absolute Gasteiger partial charge is 0.346 e. The fourth-order valence-corrected chi connectivity index (χ4v) is 1.22. The van der Waals surface area contributed by atoms with Crippen molar-refractivity contribution in [2.45, 2.75) is 6.92 Å². The zero-order valence-corrected chi connectivity index (χ0v) is 10.00. The maximum Gasteiger partial charge on any atom is 0.346 e. The van der Waals surface area contributed by atoms with Gasteiger partial charge in [-0.2, -0.15) is 5.26 Å². The number of hydrogen-bond donors (Lipinski definition) is 1. The number of hydrogen-bond acceptors (Lipinski definition) is 2. The van der Waals surface area contributed by atoms with E-state index in [1.807, 2.05) is 37.3 Å². The van der Waals surface area contributed by atoms with Crippen LogP contribution in [0, 0.1) is 18.3 Å². The van der Waals surface area contributed by atoms with E-state index in [1.165, 1.54) is 17.7 Å². The third-order valence-electron chi connectivity index (χ3n) is 2.20. The van der Waals surface area contributed by atoms with Crippen molar-refractivity contribution in [3.63, 3.8) is 0 Å². The molecule has 90 valence electrons. The molecule has 0 saturated carbocycles. The van der Waals surface area contributed by atoms with Crippen LogP contribution in [-0.4, -0.2) is 11.1 Å². The molecule has 18 heavy (non-hydrogen) atoms. The molecule has 1 aromatic rings. The maximum atomic E-state index is 10.5. The molecule has 1 rings (SSSR count). The number of aliphatic carboxylic acids is 1. The van der Waals surface area contributed by atoms with Gasteiger partial charge in [0.15, 0.2) is 0 Å². The summed E-state index contributed by atoms with van der Waals surface area (Å²) in [6.45, 7) is 2.02. The summed E-state index contributed by atoms with van der Waals surface area (Å²) >= 11 is 0. The molecule has 0 saturated heterocycles. The summed E-state index contributed by atoms with van der Waals surface area (Å²) < 4.78 is 0. The highest BCUT2D eigenvalue weighted by Crippen LogP contribution is 2.05. The Hall–Kier alpha value is -2.60. The Bertz CT molecular complexity index is 543. The first-order valence-corrected chi connectivity index (χ1v) is 5.38. The van der Waals surface area contributed by atoms with Gasteiger partial charge in [0.05, 0.1) is 0 Å². The first-order chi connectivity index (χ1) is 8.63. The van der Waals surface area contributed by atoms with Crippen molar-refractivity contribution in [1.29, 1.82) is 5.26 Å². The molecule has 3 heteroatoms. The summed E-state index contributed by atoms with van der Waals surface area (Å²) in [5, 5.41) is 17.1.